The number of hydrogen-bond acceptors (Lipinski definition) is 3. The van der Waals surface area contributed by atoms with E-state index in [-0.39, 0.29) is 0 Å². The minimum Gasteiger partial charge on any atom is -0.388 e. The smallest absolute Gasteiger partial charge is 0.100 e. The van der Waals surface area contributed by atoms with Crippen LogP contribution in [-0.2, 0) is 4.74 Å². The fourth-order valence-corrected chi connectivity index (χ4v) is 3.71. The van der Waals surface area contributed by atoms with Crippen molar-refractivity contribution >= 4 is 34.5 Å². The van der Waals surface area contributed by atoms with Gasteiger partial charge in [0.15, 0.2) is 0 Å². The standard InChI is InChI=1S/C12H16Cl2O2S/c13-11-7-9(12(14)17-11)10(15)5-1-3-8-4-2-6-16-8/h7-8,10,15H,1-6H2. The summed E-state index contributed by atoms with van der Waals surface area (Å²) in [5.74, 6) is 0. The van der Waals surface area contributed by atoms with Gasteiger partial charge in [0, 0.05) is 12.2 Å². The molecule has 1 saturated heterocycles. The highest BCUT2D eigenvalue weighted by Crippen LogP contribution is 2.36. The zero-order chi connectivity index (χ0) is 12.3. The molecule has 1 N–H and O–H groups in total. The van der Waals surface area contributed by atoms with E-state index in [0.717, 1.165) is 31.4 Å². The molecule has 2 rings (SSSR count). The van der Waals surface area contributed by atoms with E-state index in [1.54, 1.807) is 6.07 Å². The van der Waals surface area contributed by atoms with E-state index in [1.165, 1.54) is 17.8 Å². The molecule has 2 unspecified atom stereocenters. The van der Waals surface area contributed by atoms with Crippen LogP contribution in [-0.4, -0.2) is 17.8 Å². The third-order valence-corrected chi connectivity index (χ3v) is 4.59. The van der Waals surface area contributed by atoms with E-state index < -0.39 is 6.10 Å². The summed E-state index contributed by atoms with van der Waals surface area (Å²) in [5, 5.41) is 10.0. The Morgan fingerprint density at radius 3 is 2.94 bits per heavy atom. The Kier molecular flexibility index (Phi) is 5.12. The molecular weight excluding hydrogens is 279 g/mol. The Balaban J connectivity index is 1.76. The van der Waals surface area contributed by atoms with Crippen molar-refractivity contribution < 1.29 is 9.84 Å². The molecule has 2 atom stereocenters. The number of hydrogen-bond donors (Lipinski definition) is 1. The molecular formula is C12H16Cl2O2S. The summed E-state index contributed by atoms with van der Waals surface area (Å²) in [5.41, 5.74) is 0.758. The quantitative estimate of drug-likeness (QED) is 0.870. The molecule has 0 aromatic carbocycles. The first-order valence-electron chi connectivity index (χ1n) is 5.91. The molecule has 1 aromatic heterocycles. The maximum atomic E-state index is 10.0. The molecule has 1 aliphatic heterocycles. The lowest BCUT2D eigenvalue weighted by atomic mass is 10.0. The van der Waals surface area contributed by atoms with Gasteiger partial charge in [-0.2, -0.15) is 0 Å². The van der Waals surface area contributed by atoms with Crippen molar-refractivity contribution in [3.63, 3.8) is 0 Å². The van der Waals surface area contributed by atoms with Gasteiger partial charge in [0.1, 0.15) is 4.34 Å². The minimum absolute atomic E-state index is 0.392. The second kappa shape index (κ2) is 6.39. The summed E-state index contributed by atoms with van der Waals surface area (Å²) in [6.07, 6.45) is 4.89. The predicted octanol–water partition coefficient (Wildman–Crippen LogP) is 4.44. The van der Waals surface area contributed by atoms with Crippen molar-refractivity contribution in [1.82, 2.24) is 0 Å². The van der Waals surface area contributed by atoms with Crippen molar-refractivity contribution in [2.24, 2.45) is 0 Å². The SMILES string of the molecule is OC(CCCC1CCCO1)c1cc(Cl)sc1Cl. The van der Waals surface area contributed by atoms with Crippen LogP contribution in [0.15, 0.2) is 6.07 Å². The number of aliphatic hydroxyl groups is 1. The summed E-state index contributed by atoms with van der Waals surface area (Å²) in [6.45, 7) is 0.888. The Morgan fingerprint density at radius 2 is 2.35 bits per heavy atom. The van der Waals surface area contributed by atoms with Crippen molar-refractivity contribution in [2.75, 3.05) is 6.61 Å². The van der Waals surface area contributed by atoms with Gasteiger partial charge in [-0.15, -0.1) is 11.3 Å². The van der Waals surface area contributed by atoms with Crippen LogP contribution < -0.4 is 0 Å². The van der Waals surface area contributed by atoms with Gasteiger partial charge >= 0.3 is 0 Å². The molecule has 2 nitrogen and oxygen atoms in total. The maximum Gasteiger partial charge on any atom is 0.100 e. The largest absolute Gasteiger partial charge is 0.388 e. The van der Waals surface area contributed by atoms with Gasteiger partial charge in [0.25, 0.3) is 0 Å². The summed E-state index contributed by atoms with van der Waals surface area (Å²) in [6, 6.07) is 1.76. The predicted molar refractivity (Wildman–Crippen MR) is 72.1 cm³/mol. The lowest BCUT2D eigenvalue weighted by Gasteiger charge is -2.12. The third-order valence-electron chi connectivity index (χ3n) is 3.07. The third kappa shape index (κ3) is 3.83. The Bertz CT molecular complexity index is 361. The van der Waals surface area contributed by atoms with Crippen LogP contribution in [0.1, 0.15) is 43.8 Å². The number of halogens is 2. The molecule has 1 fully saturated rings. The minimum atomic E-state index is -0.507. The van der Waals surface area contributed by atoms with Gasteiger partial charge in [-0.05, 0) is 38.2 Å². The second-order valence-electron chi connectivity index (χ2n) is 4.36. The first kappa shape index (κ1) is 13.6. The molecule has 17 heavy (non-hydrogen) atoms. The normalized spacial score (nSPS) is 21.9. The summed E-state index contributed by atoms with van der Waals surface area (Å²) in [4.78, 5) is 0. The average molecular weight is 295 g/mol. The first-order chi connectivity index (χ1) is 8.16. The average Bonchev–Trinajstić information content (AvgIpc) is 2.88. The van der Waals surface area contributed by atoms with Gasteiger partial charge in [-0.3, -0.25) is 0 Å². The molecule has 0 amide bonds. The fourth-order valence-electron chi connectivity index (χ4n) is 2.15. The molecule has 5 heteroatoms. The van der Waals surface area contributed by atoms with Crippen molar-refractivity contribution in [2.45, 2.75) is 44.3 Å². The molecule has 0 bridgehead atoms. The molecule has 0 radical (unpaired) electrons. The highest BCUT2D eigenvalue weighted by atomic mass is 35.5. The monoisotopic (exact) mass is 294 g/mol. The number of aliphatic hydroxyl groups excluding tert-OH is 1. The maximum absolute atomic E-state index is 10.0. The second-order valence-corrected chi connectivity index (χ2v) is 6.65. The van der Waals surface area contributed by atoms with Crippen molar-refractivity contribution in [1.29, 1.82) is 0 Å². The Morgan fingerprint density at radius 1 is 1.53 bits per heavy atom. The molecule has 0 aliphatic carbocycles. The van der Waals surface area contributed by atoms with Gasteiger partial charge < -0.3 is 9.84 Å². The Labute approximate surface area is 115 Å². The fraction of sp³-hybridized carbons (Fsp3) is 0.667. The van der Waals surface area contributed by atoms with Crippen LogP contribution in [0.25, 0.3) is 0 Å². The van der Waals surface area contributed by atoms with E-state index in [2.05, 4.69) is 0 Å². The Hall–Kier alpha value is 0.200. The van der Waals surface area contributed by atoms with Crippen molar-refractivity contribution in [3.05, 3.63) is 20.3 Å². The first-order valence-corrected chi connectivity index (χ1v) is 7.48. The highest BCUT2D eigenvalue weighted by Gasteiger charge is 2.18. The van der Waals surface area contributed by atoms with Crippen LogP contribution in [0, 0.1) is 0 Å². The summed E-state index contributed by atoms with van der Waals surface area (Å²) < 4.78 is 6.77. The molecule has 1 aromatic rings. The number of ether oxygens (including phenoxy) is 1. The van der Waals surface area contributed by atoms with E-state index in [4.69, 9.17) is 27.9 Å². The molecule has 0 saturated carbocycles. The number of rotatable bonds is 5. The van der Waals surface area contributed by atoms with Gasteiger partial charge in [-0.25, -0.2) is 0 Å². The molecule has 96 valence electrons. The van der Waals surface area contributed by atoms with Crippen LogP contribution in [0.4, 0.5) is 0 Å². The number of thiophene rings is 1. The highest BCUT2D eigenvalue weighted by molar-refractivity contribution is 7.20. The lowest BCUT2D eigenvalue weighted by molar-refractivity contribution is 0.0945. The van der Waals surface area contributed by atoms with Gasteiger partial charge in [0.05, 0.1) is 16.5 Å². The van der Waals surface area contributed by atoms with Crippen LogP contribution in [0.5, 0.6) is 0 Å². The van der Waals surface area contributed by atoms with Crippen LogP contribution in [0.3, 0.4) is 0 Å². The molecule has 1 aliphatic rings. The van der Waals surface area contributed by atoms with E-state index in [1.807, 2.05) is 0 Å². The molecule has 0 spiro atoms. The van der Waals surface area contributed by atoms with E-state index in [0.29, 0.717) is 21.2 Å². The van der Waals surface area contributed by atoms with Gasteiger partial charge in [-0.1, -0.05) is 23.2 Å². The topological polar surface area (TPSA) is 29.5 Å². The van der Waals surface area contributed by atoms with E-state index in [9.17, 15) is 5.11 Å². The van der Waals surface area contributed by atoms with Crippen LogP contribution >= 0.6 is 34.5 Å². The lowest BCUT2D eigenvalue weighted by Crippen LogP contribution is -2.05. The van der Waals surface area contributed by atoms with E-state index >= 15 is 0 Å². The zero-order valence-corrected chi connectivity index (χ0v) is 11.8. The summed E-state index contributed by atoms with van der Waals surface area (Å²) in [7, 11) is 0. The van der Waals surface area contributed by atoms with Crippen molar-refractivity contribution in [3.8, 4) is 0 Å². The zero-order valence-electron chi connectivity index (χ0n) is 9.49. The molecule has 2 heterocycles. The van der Waals surface area contributed by atoms with Crippen LogP contribution in [0.2, 0.25) is 8.67 Å². The summed E-state index contributed by atoms with van der Waals surface area (Å²) >= 11 is 13.1. The van der Waals surface area contributed by atoms with Gasteiger partial charge in [0.2, 0.25) is 0 Å².